The van der Waals surface area contributed by atoms with Crippen LogP contribution in [-0.2, 0) is 12.6 Å². The Labute approximate surface area is 112 Å². The fourth-order valence-electron chi connectivity index (χ4n) is 1.82. The monoisotopic (exact) mass is 287 g/mol. The van der Waals surface area contributed by atoms with E-state index >= 15 is 0 Å². The van der Waals surface area contributed by atoms with Crippen molar-refractivity contribution in [3.05, 3.63) is 51.5 Å². The van der Waals surface area contributed by atoms with Gasteiger partial charge in [-0.2, -0.15) is 13.2 Å². The number of aryl methyl sites for hydroxylation is 1. The van der Waals surface area contributed by atoms with Gasteiger partial charge in [0, 0.05) is 6.42 Å². The highest BCUT2D eigenvalue weighted by Gasteiger charge is 2.30. The molecular formula is C13H12F3NOS. The maximum atomic E-state index is 12.6. The number of alkyl halides is 3. The molecule has 0 aliphatic carbocycles. The van der Waals surface area contributed by atoms with Gasteiger partial charge in [0.25, 0.3) is 0 Å². The first kappa shape index (κ1) is 14.0. The molecule has 19 heavy (non-hydrogen) atoms. The lowest BCUT2D eigenvalue weighted by molar-refractivity contribution is -0.137. The van der Waals surface area contributed by atoms with Crippen molar-refractivity contribution in [2.45, 2.75) is 25.6 Å². The van der Waals surface area contributed by atoms with Crippen LogP contribution in [0.25, 0.3) is 0 Å². The molecule has 102 valence electrons. The zero-order valence-corrected chi connectivity index (χ0v) is 10.9. The van der Waals surface area contributed by atoms with Crippen molar-refractivity contribution in [3.63, 3.8) is 0 Å². The predicted octanol–water partition coefficient (Wildman–Crippen LogP) is 3.75. The first-order valence-electron chi connectivity index (χ1n) is 5.62. The highest BCUT2D eigenvalue weighted by molar-refractivity contribution is 7.09. The third kappa shape index (κ3) is 3.33. The molecule has 2 aromatic rings. The minimum Gasteiger partial charge on any atom is -0.387 e. The van der Waals surface area contributed by atoms with Crippen molar-refractivity contribution >= 4 is 11.3 Å². The fourth-order valence-corrected chi connectivity index (χ4v) is 2.61. The SMILES string of the molecule is Cc1ncsc1C(O)Cc1cccc(C(F)(F)F)c1. The number of aromatic nitrogens is 1. The number of rotatable bonds is 3. The highest BCUT2D eigenvalue weighted by Crippen LogP contribution is 2.31. The summed E-state index contributed by atoms with van der Waals surface area (Å²) in [6.07, 6.45) is -5.04. The Morgan fingerprint density at radius 2 is 2.11 bits per heavy atom. The number of benzene rings is 1. The molecule has 1 atom stereocenters. The van der Waals surface area contributed by atoms with Gasteiger partial charge in [-0.15, -0.1) is 11.3 Å². The molecule has 0 bridgehead atoms. The lowest BCUT2D eigenvalue weighted by Gasteiger charge is -2.12. The molecule has 0 saturated carbocycles. The summed E-state index contributed by atoms with van der Waals surface area (Å²) >= 11 is 1.30. The number of halogens is 3. The van der Waals surface area contributed by atoms with Gasteiger partial charge in [0.05, 0.1) is 27.7 Å². The molecule has 1 aromatic carbocycles. The molecule has 1 aromatic heterocycles. The van der Waals surface area contributed by atoms with E-state index in [9.17, 15) is 18.3 Å². The summed E-state index contributed by atoms with van der Waals surface area (Å²) in [4.78, 5) is 4.71. The van der Waals surface area contributed by atoms with Gasteiger partial charge in [0.1, 0.15) is 0 Å². The molecule has 0 aliphatic heterocycles. The van der Waals surface area contributed by atoms with Gasteiger partial charge < -0.3 is 5.11 Å². The molecule has 2 nitrogen and oxygen atoms in total. The number of hydrogen-bond acceptors (Lipinski definition) is 3. The van der Waals surface area contributed by atoms with Crippen LogP contribution in [0.15, 0.2) is 29.8 Å². The zero-order chi connectivity index (χ0) is 14.0. The van der Waals surface area contributed by atoms with Crippen LogP contribution in [0, 0.1) is 6.92 Å². The molecule has 2 rings (SSSR count). The summed E-state index contributed by atoms with van der Waals surface area (Å²) in [6, 6.07) is 5.02. The van der Waals surface area contributed by atoms with E-state index in [0.29, 0.717) is 16.1 Å². The number of hydrogen-bond donors (Lipinski definition) is 1. The second kappa shape index (κ2) is 5.30. The lowest BCUT2D eigenvalue weighted by Crippen LogP contribution is -2.07. The molecule has 1 unspecified atom stereocenters. The molecule has 0 spiro atoms. The normalized spacial score (nSPS) is 13.5. The van der Waals surface area contributed by atoms with Crippen LogP contribution in [0.5, 0.6) is 0 Å². The van der Waals surface area contributed by atoms with Crippen LogP contribution < -0.4 is 0 Å². The summed E-state index contributed by atoms with van der Waals surface area (Å²) in [6.45, 7) is 1.77. The van der Waals surface area contributed by atoms with Crippen molar-refractivity contribution < 1.29 is 18.3 Å². The van der Waals surface area contributed by atoms with E-state index in [1.165, 1.54) is 17.4 Å². The first-order chi connectivity index (χ1) is 8.88. The molecule has 1 N–H and O–H groups in total. The van der Waals surface area contributed by atoms with Gasteiger partial charge in [-0.1, -0.05) is 18.2 Å². The summed E-state index contributed by atoms with van der Waals surface area (Å²) in [5, 5.41) is 10.0. The maximum absolute atomic E-state index is 12.6. The van der Waals surface area contributed by atoms with Gasteiger partial charge in [-0.3, -0.25) is 0 Å². The predicted molar refractivity (Wildman–Crippen MR) is 67.0 cm³/mol. The molecule has 0 fully saturated rings. The maximum Gasteiger partial charge on any atom is 0.416 e. The molecule has 0 aliphatic rings. The van der Waals surface area contributed by atoms with Gasteiger partial charge in [-0.25, -0.2) is 4.98 Å². The van der Waals surface area contributed by atoms with Crippen molar-refractivity contribution in [1.82, 2.24) is 4.98 Å². The standard InChI is InChI=1S/C13H12F3NOS/c1-8-12(19-7-17-8)11(18)6-9-3-2-4-10(5-9)13(14,15)16/h2-5,7,11,18H,6H2,1H3. The number of nitrogens with zero attached hydrogens (tertiary/aromatic N) is 1. The van der Waals surface area contributed by atoms with Gasteiger partial charge in [0.15, 0.2) is 0 Å². The van der Waals surface area contributed by atoms with E-state index in [2.05, 4.69) is 4.98 Å². The second-order valence-electron chi connectivity index (χ2n) is 4.22. The minimum absolute atomic E-state index is 0.146. The average Bonchev–Trinajstić information content (AvgIpc) is 2.75. The largest absolute Gasteiger partial charge is 0.416 e. The number of aliphatic hydroxyl groups excluding tert-OH is 1. The summed E-state index contributed by atoms with van der Waals surface area (Å²) in [5.74, 6) is 0. The van der Waals surface area contributed by atoms with Crippen LogP contribution in [0.4, 0.5) is 13.2 Å². The third-order valence-electron chi connectivity index (χ3n) is 2.77. The van der Waals surface area contributed by atoms with Crippen molar-refractivity contribution in [2.24, 2.45) is 0 Å². The van der Waals surface area contributed by atoms with Crippen LogP contribution in [0.2, 0.25) is 0 Å². The van der Waals surface area contributed by atoms with Crippen molar-refractivity contribution in [3.8, 4) is 0 Å². The Kier molecular flexibility index (Phi) is 3.91. The zero-order valence-electron chi connectivity index (χ0n) is 10.1. The Morgan fingerprint density at radius 1 is 1.37 bits per heavy atom. The molecule has 1 heterocycles. The van der Waals surface area contributed by atoms with Gasteiger partial charge in [-0.05, 0) is 18.6 Å². The van der Waals surface area contributed by atoms with E-state index in [4.69, 9.17) is 0 Å². The molecule has 6 heteroatoms. The molecule has 0 radical (unpaired) electrons. The smallest absolute Gasteiger partial charge is 0.387 e. The van der Waals surface area contributed by atoms with E-state index < -0.39 is 17.8 Å². The third-order valence-corrected chi connectivity index (χ3v) is 3.80. The molecule has 0 saturated heterocycles. The van der Waals surface area contributed by atoms with E-state index in [0.717, 1.165) is 12.1 Å². The van der Waals surface area contributed by atoms with Gasteiger partial charge >= 0.3 is 6.18 Å². The van der Waals surface area contributed by atoms with Crippen molar-refractivity contribution in [2.75, 3.05) is 0 Å². The Balaban J connectivity index is 2.18. The van der Waals surface area contributed by atoms with E-state index in [-0.39, 0.29) is 6.42 Å². The quantitative estimate of drug-likeness (QED) is 0.932. The second-order valence-corrected chi connectivity index (χ2v) is 5.11. The van der Waals surface area contributed by atoms with Crippen LogP contribution in [0.3, 0.4) is 0 Å². The molecular weight excluding hydrogens is 275 g/mol. The average molecular weight is 287 g/mol. The van der Waals surface area contributed by atoms with E-state index in [1.54, 1.807) is 18.5 Å². The van der Waals surface area contributed by atoms with Crippen molar-refractivity contribution in [1.29, 1.82) is 0 Å². The summed E-state index contributed by atoms with van der Waals surface area (Å²) < 4.78 is 37.7. The lowest BCUT2D eigenvalue weighted by atomic mass is 10.0. The Bertz CT molecular complexity index is 565. The summed E-state index contributed by atoms with van der Waals surface area (Å²) in [7, 11) is 0. The first-order valence-corrected chi connectivity index (χ1v) is 6.50. The highest BCUT2D eigenvalue weighted by atomic mass is 32.1. The number of aliphatic hydroxyl groups is 1. The Morgan fingerprint density at radius 3 is 2.68 bits per heavy atom. The van der Waals surface area contributed by atoms with Gasteiger partial charge in [0.2, 0.25) is 0 Å². The van der Waals surface area contributed by atoms with Crippen LogP contribution >= 0.6 is 11.3 Å². The number of thiazole rings is 1. The molecule has 0 amide bonds. The topological polar surface area (TPSA) is 33.1 Å². The minimum atomic E-state index is -4.36. The fraction of sp³-hybridized carbons (Fsp3) is 0.308. The summed E-state index contributed by atoms with van der Waals surface area (Å²) in [5.41, 5.74) is 2.08. The van der Waals surface area contributed by atoms with E-state index in [1.807, 2.05) is 0 Å². The van der Waals surface area contributed by atoms with Crippen LogP contribution in [-0.4, -0.2) is 10.1 Å². The van der Waals surface area contributed by atoms with Crippen LogP contribution in [0.1, 0.15) is 27.8 Å². The Hall–Kier alpha value is -1.40.